The Kier molecular flexibility index (Phi) is 7.88. The van der Waals surface area contributed by atoms with Gasteiger partial charge in [0.2, 0.25) is 5.91 Å². The van der Waals surface area contributed by atoms with Crippen LogP contribution >= 0.6 is 23.4 Å². The first kappa shape index (κ1) is 28.5. The van der Waals surface area contributed by atoms with Gasteiger partial charge in [0.25, 0.3) is 5.91 Å². The maximum absolute atomic E-state index is 14.7. The number of carbonyl (C=O) groups is 3. The Morgan fingerprint density at radius 1 is 1.18 bits per heavy atom. The number of hydrogen-bond acceptors (Lipinski definition) is 6. The third kappa shape index (κ3) is 4.46. The van der Waals surface area contributed by atoms with Crippen LogP contribution in [-0.2, 0) is 19.1 Å². The summed E-state index contributed by atoms with van der Waals surface area (Å²) in [6.07, 6.45) is 4.38. The number of amides is 2. The molecule has 3 heterocycles. The van der Waals surface area contributed by atoms with Crippen molar-refractivity contribution in [2.75, 3.05) is 24.7 Å². The molecule has 3 aliphatic heterocycles. The number of fused-ring (bicyclic) bond motifs is 1. The van der Waals surface area contributed by atoms with Gasteiger partial charge in [0.1, 0.15) is 12.6 Å². The molecule has 0 radical (unpaired) electrons. The fourth-order valence-corrected chi connectivity index (χ4v) is 9.27. The van der Waals surface area contributed by atoms with E-state index in [0.29, 0.717) is 29.1 Å². The summed E-state index contributed by atoms with van der Waals surface area (Å²) in [5.74, 6) is -2.55. The number of carbonyl (C=O) groups excluding carboxylic acids is 3. The highest BCUT2D eigenvalue weighted by atomic mass is 35.5. The molecule has 1 N–H and O–H groups in total. The van der Waals surface area contributed by atoms with Gasteiger partial charge in [0.15, 0.2) is 0 Å². The van der Waals surface area contributed by atoms with Crippen LogP contribution in [0, 0.1) is 11.8 Å². The Morgan fingerprint density at radius 2 is 1.88 bits per heavy atom. The average Bonchev–Trinajstić information content (AvgIpc) is 3.52. The zero-order chi connectivity index (χ0) is 28.7. The zero-order valence-corrected chi connectivity index (χ0v) is 23.9. The Morgan fingerprint density at radius 3 is 2.50 bits per heavy atom. The maximum atomic E-state index is 14.7. The van der Waals surface area contributed by atoms with E-state index in [1.165, 1.54) is 6.08 Å². The summed E-state index contributed by atoms with van der Waals surface area (Å²) in [6, 6.07) is 14.4. The number of aliphatic hydroxyl groups excluding tert-OH is 1. The van der Waals surface area contributed by atoms with Crippen molar-refractivity contribution in [1.82, 2.24) is 4.90 Å². The van der Waals surface area contributed by atoms with Crippen molar-refractivity contribution < 1.29 is 24.2 Å². The van der Waals surface area contributed by atoms with Crippen LogP contribution in [0.5, 0.6) is 0 Å². The first-order chi connectivity index (χ1) is 19.2. The number of likely N-dealkylation sites (tertiary alicyclic amines) is 1. The van der Waals surface area contributed by atoms with Crippen LogP contribution in [0.15, 0.2) is 79.9 Å². The van der Waals surface area contributed by atoms with Gasteiger partial charge in [-0.05, 0) is 49.6 Å². The highest BCUT2D eigenvalue weighted by Crippen LogP contribution is 2.72. The van der Waals surface area contributed by atoms with Gasteiger partial charge in [-0.3, -0.25) is 14.4 Å². The summed E-state index contributed by atoms with van der Waals surface area (Å²) in [7, 11) is 0. The van der Waals surface area contributed by atoms with Crippen molar-refractivity contribution in [3.05, 3.63) is 90.5 Å². The molecule has 0 aliphatic carbocycles. The highest BCUT2D eigenvalue weighted by Gasteiger charge is 2.78. The Hall–Kier alpha value is -3.07. The summed E-state index contributed by atoms with van der Waals surface area (Å²) in [6.45, 7) is 9.37. The van der Waals surface area contributed by atoms with Gasteiger partial charge in [0.05, 0.1) is 29.2 Å². The largest absolute Gasteiger partial charge is 0.461 e. The SMILES string of the molecule is C=CCOC(=O)[C@H]1[C@H]2C(=O)N([C@H](CO)c3ccccc3)C(C(=O)N(CC=C)c3ccc(Cl)cc3)C23CC[C@]1(C)S3. The quantitative estimate of drug-likeness (QED) is 0.321. The molecule has 6 atom stereocenters. The molecule has 3 saturated heterocycles. The molecule has 2 bridgehead atoms. The van der Waals surface area contributed by atoms with E-state index in [1.807, 2.05) is 37.3 Å². The lowest BCUT2D eigenvalue weighted by Gasteiger charge is -2.39. The number of benzene rings is 2. The number of hydrogen-bond donors (Lipinski definition) is 1. The fourth-order valence-electron chi connectivity index (χ4n) is 6.82. The molecule has 2 unspecified atom stereocenters. The smallest absolute Gasteiger partial charge is 0.311 e. The second-order valence-electron chi connectivity index (χ2n) is 10.7. The van der Waals surface area contributed by atoms with Crippen molar-refractivity contribution in [1.29, 1.82) is 0 Å². The molecule has 2 aromatic rings. The molecule has 3 aliphatic rings. The first-order valence-electron chi connectivity index (χ1n) is 13.4. The molecular formula is C31H33ClN2O5S. The first-order valence-corrected chi connectivity index (χ1v) is 14.6. The standard InChI is InChI=1S/C31H33ClN2O5S/c1-4-17-33(22-13-11-21(32)12-14-22)28(37)26-31-16-15-30(3,40-31)25(29(38)39-18-5-2)24(31)27(36)34(26)23(19-35)20-9-7-6-8-10-20/h4-14,23-26,35H,1-2,15-19H2,3H3/t23-,24+,25-,26?,30+,31?/m1/s1. The molecule has 210 valence electrons. The number of esters is 1. The topological polar surface area (TPSA) is 87.1 Å². The normalized spacial score (nSPS) is 29.1. The Balaban J connectivity index is 1.65. The molecule has 1 spiro atoms. The number of nitrogens with zero attached hydrogens (tertiary/aromatic N) is 2. The number of anilines is 1. The third-order valence-electron chi connectivity index (χ3n) is 8.45. The van der Waals surface area contributed by atoms with Crippen LogP contribution in [0.2, 0.25) is 5.02 Å². The van der Waals surface area contributed by atoms with E-state index < -0.39 is 39.4 Å². The average molecular weight is 581 g/mol. The summed E-state index contributed by atoms with van der Waals surface area (Å²) in [5.41, 5.74) is 1.33. The second-order valence-corrected chi connectivity index (χ2v) is 13.0. The lowest BCUT2D eigenvalue weighted by atomic mass is 9.66. The summed E-state index contributed by atoms with van der Waals surface area (Å²) >= 11 is 7.69. The summed E-state index contributed by atoms with van der Waals surface area (Å²) in [5, 5.41) is 11.2. The van der Waals surface area contributed by atoms with Gasteiger partial charge in [-0.1, -0.05) is 60.7 Å². The van der Waals surface area contributed by atoms with E-state index in [2.05, 4.69) is 13.2 Å². The van der Waals surface area contributed by atoms with Gasteiger partial charge in [-0.15, -0.1) is 18.3 Å². The molecule has 0 saturated carbocycles. The molecule has 0 aromatic heterocycles. The molecule has 40 heavy (non-hydrogen) atoms. The van der Waals surface area contributed by atoms with Gasteiger partial charge < -0.3 is 19.6 Å². The summed E-state index contributed by atoms with van der Waals surface area (Å²) in [4.78, 5) is 45.8. The van der Waals surface area contributed by atoms with Gasteiger partial charge in [-0.25, -0.2) is 0 Å². The van der Waals surface area contributed by atoms with E-state index in [-0.39, 0.29) is 31.6 Å². The van der Waals surface area contributed by atoms with E-state index in [4.69, 9.17) is 16.3 Å². The van der Waals surface area contributed by atoms with E-state index in [0.717, 1.165) is 0 Å². The predicted molar refractivity (Wildman–Crippen MR) is 157 cm³/mol. The van der Waals surface area contributed by atoms with E-state index in [9.17, 15) is 19.5 Å². The lowest BCUT2D eigenvalue weighted by Crippen LogP contribution is -2.56. The van der Waals surface area contributed by atoms with Gasteiger partial charge in [-0.2, -0.15) is 0 Å². The van der Waals surface area contributed by atoms with Crippen molar-refractivity contribution in [2.45, 2.75) is 41.3 Å². The van der Waals surface area contributed by atoms with Crippen LogP contribution < -0.4 is 4.90 Å². The van der Waals surface area contributed by atoms with E-state index in [1.54, 1.807) is 51.9 Å². The Labute approximate surface area is 243 Å². The number of thioether (sulfide) groups is 1. The van der Waals surface area contributed by atoms with Crippen LogP contribution in [0.1, 0.15) is 31.4 Å². The molecular weight excluding hydrogens is 548 g/mol. The van der Waals surface area contributed by atoms with Crippen LogP contribution in [0.3, 0.4) is 0 Å². The van der Waals surface area contributed by atoms with Crippen molar-refractivity contribution >= 4 is 46.8 Å². The Bertz CT molecular complexity index is 1320. The molecule has 2 amide bonds. The molecule has 7 nitrogen and oxygen atoms in total. The number of aliphatic hydroxyl groups is 1. The predicted octanol–water partition coefficient (Wildman–Crippen LogP) is 4.80. The van der Waals surface area contributed by atoms with E-state index >= 15 is 0 Å². The molecule has 2 aromatic carbocycles. The van der Waals surface area contributed by atoms with Gasteiger partial charge in [0, 0.05) is 22.0 Å². The van der Waals surface area contributed by atoms with Crippen molar-refractivity contribution in [3.8, 4) is 0 Å². The lowest BCUT2D eigenvalue weighted by molar-refractivity contribution is -0.155. The minimum atomic E-state index is -0.929. The summed E-state index contributed by atoms with van der Waals surface area (Å²) < 4.78 is 4.08. The molecule has 5 rings (SSSR count). The number of ether oxygens (including phenoxy) is 1. The number of halogens is 1. The van der Waals surface area contributed by atoms with Crippen molar-refractivity contribution in [2.24, 2.45) is 11.8 Å². The minimum Gasteiger partial charge on any atom is -0.461 e. The monoisotopic (exact) mass is 580 g/mol. The van der Waals surface area contributed by atoms with Crippen LogP contribution in [0.4, 0.5) is 5.69 Å². The van der Waals surface area contributed by atoms with Gasteiger partial charge >= 0.3 is 5.97 Å². The molecule has 9 heteroatoms. The minimum absolute atomic E-state index is 0.0447. The third-order valence-corrected chi connectivity index (χ3v) is 10.7. The van der Waals surface area contributed by atoms with Crippen LogP contribution in [-0.4, -0.2) is 63.1 Å². The zero-order valence-electron chi connectivity index (χ0n) is 22.4. The second kappa shape index (κ2) is 11.1. The maximum Gasteiger partial charge on any atom is 0.311 e. The number of rotatable bonds is 10. The molecule has 3 fully saturated rings. The van der Waals surface area contributed by atoms with Crippen LogP contribution in [0.25, 0.3) is 0 Å². The highest BCUT2D eigenvalue weighted by molar-refractivity contribution is 8.02. The van der Waals surface area contributed by atoms with Crippen molar-refractivity contribution in [3.63, 3.8) is 0 Å². The fraction of sp³-hybridized carbons (Fsp3) is 0.387.